The van der Waals surface area contributed by atoms with Crippen LogP contribution in [0, 0.1) is 9.39 Å². The van der Waals surface area contributed by atoms with Gasteiger partial charge in [0.05, 0.1) is 0 Å². The molecule has 70 valence electrons. The summed E-state index contributed by atoms with van der Waals surface area (Å²) >= 11 is 2.09. The van der Waals surface area contributed by atoms with Crippen LogP contribution in [0.4, 0.5) is 4.39 Å². The van der Waals surface area contributed by atoms with Crippen LogP contribution in [0.5, 0.6) is 0 Å². The zero-order valence-corrected chi connectivity index (χ0v) is 9.40. The van der Waals surface area contributed by atoms with Crippen LogP contribution < -0.4 is 0 Å². The fourth-order valence-electron chi connectivity index (χ4n) is 1.26. The van der Waals surface area contributed by atoms with Crippen molar-refractivity contribution in [2.45, 2.75) is 0 Å². The second-order valence-electron chi connectivity index (χ2n) is 2.86. The highest BCUT2D eigenvalue weighted by Crippen LogP contribution is 2.23. The van der Waals surface area contributed by atoms with E-state index in [1.165, 1.54) is 6.07 Å². The van der Waals surface area contributed by atoms with Crippen molar-refractivity contribution in [2.75, 3.05) is 0 Å². The molecule has 0 saturated carbocycles. The van der Waals surface area contributed by atoms with Crippen molar-refractivity contribution in [1.82, 2.24) is 4.98 Å². The van der Waals surface area contributed by atoms with E-state index in [1.54, 1.807) is 30.6 Å². The fourth-order valence-corrected chi connectivity index (χ4v) is 1.71. The lowest BCUT2D eigenvalue weighted by Gasteiger charge is -2.02. The van der Waals surface area contributed by atoms with Gasteiger partial charge in [-0.25, -0.2) is 4.39 Å². The van der Waals surface area contributed by atoms with Crippen LogP contribution in [0.2, 0.25) is 0 Å². The Morgan fingerprint density at radius 1 is 1.07 bits per heavy atom. The summed E-state index contributed by atoms with van der Waals surface area (Å²) in [5, 5.41) is 0. The van der Waals surface area contributed by atoms with Gasteiger partial charge in [0.15, 0.2) is 0 Å². The summed E-state index contributed by atoms with van der Waals surface area (Å²) in [5.74, 6) is -0.192. The van der Waals surface area contributed by atoms with E-state index in [1.807, 2.05) is 6.07 Å². The molecule has 1 aromatic carbocycles. The van der Waals surface area contributed by atoms with Gasteiger partial charge in [-0.1, -0.05) is 6.07 Å². The van der Waals surface area contributed by atoms with Gasteiger partial charge in [-0.15, -0.1) is 0 Å². The van der Waals surface area contributed by atoms with E-state index >= 15 is 0 Å². The SMILES string of the molecule is Fc1cc(I)ccc1-c1ccncc1. The summed E-state index contributed by atoms with van der Waals surface area (Å²) in [6, 6.07) is 8.79. The van der Waals surface area contributed by atoms with Crippen LogP contribution in [0.1, 0.15) is 0 Å². The lowest BCUT2D eigenvalue weighted by molar-refractivity contribution is 0.630. The van der Waals surface area contributed by atoms with Crippen molar-refractivity contribution in [1.29, 1.82) is 0 Å². The number of rotatable bonds is 1. The molecule has 0 unspecified atom stereocenters. The molecule has 0 spiro atoms. The molecule has 1 heterocycles. The first-order valence-electron chi connectivity index (χ1n) is 4.13. The molecule has 0 fully saturated rings. The maximum atomic E-state index is 13.5. The van der Waals surface area contributed by atoms with Gasteiger partial charge in [0.25, 0.3) is 0 Å². The Morgan fingerprint density at radius 3 is 2.43 bits per heavy atom. The lowest BCUT2D eigenvalue weighted by Crippen LogP contribution is -1.85. The van der Waals surface area contributed by atoms with Crippen molar-refractivity contribution in [2.24, 2.45) is 0 Å². The second-order valence-corrected chi connectivity index (χ2v) is 4.11. The standard InChI is InChI=1S/C11H7FIN/c12-11-7-9(13)1-2-10(11)8-3-5-14-6-4-8/h1-7H. The number of halogens is 2. The molecule has 0 aliphatic heterocycles. The van der Waals surface area contributed by atoms with E-state index < -0.39 is 0 Å². The summed E-state index contributed by atoms with van der Waals surface area (Å²) in [4.78, 5) is 3.89. The number of hydrogen-bond donors (Lipinski definition) is 0. The summed E-state index contributed by atoms with van der Waals surface area (Å²) in [5.41, 5.74) is 1.47. The Balaban J connectivity index is 2.53. The van der Waals surface area contributed by atoms with E-state index in [0.29, 0.717) is 5.56 Å². The average molecular weight is 299 g/mol. The third-order valence-corrected chi connectivity index (χ3v) is 2.59. The smallest absolute Gasteiger partial charge is 0.132 e. The van der Waals surface area contributed by atoms with Gasteiger partial charge in [0.2, 0.25) is 0 Å². The first-order valence-corrected chi connectivity index (χ1v) is 5.21. The van der Waals surface area contributed by atoms with Crippen LogP contribution in [-0.2, 0) is 0 Å². The summed E-state index contributed by atoms with van der Waals surface area (Å²) in [6.45, 7) is 0. The number of aromatic nitrogens is 1. The molecule has 14 heavy (non-hydrogen) atoms. The van der Waals surface area contributed by atoms with Gasteiger partial charge in [-0.2, -0.15) is 0 Å². The summed E-state index contributed by atoms with van der Waals surface area (Å²) in [7, 11) is 0. The first kappa shape index (κ1) is 9.58. The Bertz CT molecular complexity index is 442. The van der Waals surface area contributed by atoms with Gasteiger partial charge in [-0.3, -0.25) is 4.98 Å². The van der Waals surface area contributed by atoms with Crippen molar-refractivity contribution in [3.8, 4) is 11.1 Å². The molecule has 1 nitrogen and oxygen atoms in total. The number of pyridine rings is 1. The minimum atomic E-state index is -0.192. The Labute approximate surface area is 95.1 Å². The van der Waals surface area contributed by atoms with E-state index in [9.17, 15) is 4.39 Å². The molecular weight excluding hydrogens is 292 g/mol. The average Bonchev–Trinajstić information content (AvgIpc) is 2.19. The molecule has 1 aromatic heterocycles. The van der Waals surface area contributed by atoms with E-state index in [0.717, 1.165) is 9.13 Å². The fraction of sp³-hybridized carbons (Fsp3) is 0. The highest BCUT2D eigenvalue weighted by Gasteiger charge is 2.04. The van der Waals surface area contributed by atoms with Crippen molar-refractivity contribution >= 4 is 22.6 Å². The van der Waals surface area contributed by atoms with Gasteiger partial charge in [-0.05, 0) is 52.4 Å². The molecule has 0 radical (unpaired) electrons. The quantitative estimate of drug-likeness (QED) is 0.735. The highest BCUT2D eigenvalue weighted by molar-refractivity contribution is 14.1. The maximum absolute atomic E-state index is 13.5. The molecule has 0 saturated heterocycles. The van der Waals surface area contributed by atoms with Crippen LogP contribution in [0.15, 0.2) is 42.7 Å². The minimum absolute atomic E-state index is 0.192. The van der Waals surface area contributed by atoms with Crippen molar-refractivity contribution < 1.29 is 4.39 Å². The van der Waals surface area contributed by atoms with E-state index in [-0.39, 0.29) is 5.82 Å². The molecule has 0 atom stereocenters. The molecule has 0 N–H and O–H groups in total. The molecule has 2 aromatic rings. The predicted molar refractivity (Wildman–Crippen MR) is 62.3 cm³/mol. The van der Waals surface area contributed by atoms with Crippen LogP contribution in [0.3, 0.4) is 0 Å². The normalized spacial score (nSPS) is 10.1. The molecule has 3 heteroatoms. The largest absolute Gasteiger partial charge is 0.265 e. The number of benzene rings is 1. The molecule has 0 bridgehead atoms. The Morgan fingerprint density at radius 2 is 1.79 bits per heavy atom. The van der Waals surface area contributed by atoms with Gasteiger partial charge in [0, 0.05) is 21.5 Å². The monoisotopic (exact) mass is 299 g/mol. The van der Waals surface area contributed by atoms with Crippen LogP contribution in [-0.4, -0.2) is 4.98 Å². The van der Waals surface area contributed by atoms with Crippen LogP contribution >= 0.6 is 22.6 Å². The molecule has 0 aliphatic rings. The van der Waals surface area contributed by atoms with Crippen molar-refractivity contribution in [3.63, 3.8) is 0 Å². The lowest BCUT2D eigenvalue weighted by atomic mass is 10.1. The maximum Gasteiger partial charge on any atom is 0.132 e. The van der Waals surface area contributed by atoms with Crippen LogP contribution in [0.25, 0.3) is 11.1 Å². The van der Waals surface area contributed by atoms with Gasteiger partial charge in [0.1, 0.15) is 5.82 Å². The number of nitrogens with zero attached hydrogens (tertiary/aromatic N) is 1. The second kappa shape index (κ2) is 4.04. The third-order valence-electron chi connectivity index (χ3n) is 1.92. The number of hydrogen-bond acceptors (Lipinski definition) is 1. The van der Waals surface area contributed by atoms with Gasteiger partial charge >= 0.3 is 0 Å². The zero-order valence-electron chi connectivity index (χ0n) is 7.24. The molecule has 0 aliphatic carbocycles. The minimum Gasteiger partial charge on any atom is -0.265 e. The molecular formula is C11H7FIN. The predicted octanol–water partition coefficient (Wildman–Crippen LogP) is 3.49. The Hall–Kier alpha value is -0.970. The van der Waals surface area contributed by atoms with E-state index in [2.05, 4.69) is 27.6 Å². The van der Waals surface area contributed by atoms with Crippen molar-refractivity contribution in [3.05, 3.63) is 52.1 Å². The highest BCUT2D eigenvalue weighted by atomic mass is 127. The summed E-state index contributed by atoms with van der Waals surface area (Å²) in [6.07, 6.45) is 3.32. The van der Waals surface area contributed by atoms with Gasteiger partial charge < -0.3 is 0 Å². The Kier molecular flexibility index (Phi) is 2.77. The third kappa shape index (κ3) is 1.92. The summed E-state index contributed by atoms with van der Waals surface area (Å²) < 4.78 is 14.4. The van der Waals surface area contributed by atoms with E-state index in [4.69, 9.17) is 0 Å². The first-order chi connectivity index (χ1) is 6.77. The topological polar surface area (TPSA) is 12.9 Å². The zero-order chi connectivity index (χ0) is 9.97. The molecule has 2 rings (SSSR count). The molecule has 0 amide bonds.